The lowest BCUT2D eigenvalue weighted by Gasteiger charge is -2.15. The van der Waals surface area contributed by atoms with Gasteiger partial charge < -0.3 is 5.11 Å². The van der Waals surface area contributed by atoms with Crippen molar-refractivity contribution in [2.45, 2.75) is 26.6 Å². The van der Waals surface area contributed by atoms with Crippen LogP contribution in [-0.4, -0.2) is 22.0 Å². The highest BCUT2D eigenvalue weighted by Crippen LogP contribution is 2.13. The van der Waals surface area contributed by atoms with Gasteiger partial charge in [-0.1, -0.05) is 24.3 Å². The number of aliphatic hydroxyl groups is 1. The van der Waals surface area contributed by atoms with Crippen molar-refractivity contribution in [3.8, 4) is 0 Å². The molecule has 0 spiro atoms. The van der Waals surface area contributed by atoms with Gasteiger partial charge in [-0.2, -0.15) is 0 Å². The number of hydrogen-bond acceptors (Lipinski definition) is 4. The molecule has 0 aliphatic rings. The first-order chi connectivity index (χ1) is 8.67. The van der Waals surface area contributed by atoms with E-state index in [4.69, 9.17) is 5.11 Å². The van der Waals surface area contributed by atoms with E-state index in [0.29, 0.717) is 0 Å². The fourth-order valence-electron chi connectivity index (χ4n) is 1.82. The van der Waals surface area contributed by atoms with Gasteiger partial charge in [0, 0.05) is 17.6 Å². The molecular formula is C14H18N2OS. The Kier molecular flexibility index (Phi) is 4.47. The lowest BCUT2D eigenvalue weighted by atomic mass is 10.1. The number of nitrogens with zero attached hydrogens (tertiary/aromatic N) is 2. The molecule has 0 bridgehead atoms. The van der Waals surface area contributed by atoms with Crippen LogP contribution in [0.3, 0.4) is 0 Å². The molecule has 3 nitrogen and oxygen atoms in total. The second-order valence-corrected chi connectivity index (χ2v) is 5.47. The van der Waals surface area contributed by atoms with Crippen molar-refractivity contribution >= 4 is 11.3 Å². The van der Waals surface area contributed by atoms with Crippen molar-refractivity contribution in [1.29, 1.82) is 0 Å². The third-order valence-corrected chi connectivity index (χ3v) is 3.68. The first-order valence-electron chi connectivity index (χ1n) is 5.95. The molecule has 1 aromatic heterocycles. The van der Waals surface area contributed by atoms with E-state index in [1.165, 1.54) is 5.56 Å². The molecular weight excluding hydrogens is 244 g/mol. The highest BCUT2D eigenvalue weighted by atomic mass is 32.1. The third kappa shape index (κ3) is 3.63. The van der Waals surface area contributed by atoms with Crippen molar-refractivity contribution < 1.29 is 5.11 Å². The molecule has 0 fully saturated rings. The number of aliphatic hydroxyl groups excluding tert-OH is 1. The van der Waals surface area contributed by atoms with E-state index in [1.54, 1.807) is 11.3 Å². The normalized spacial score (nSPS) is 11.1. The highest BCUT2D eigenvalue weighted by Gasteiger charge is 2.04. The quantitative estimate of drug-likeness (QED) is 0.899. The number of rotatable bonds is 5. The summed E-state index contributed by atoms with van der Waals surface area (Å²) in [6.45, 7) is 3.90. The first kappa shape index (κ1) is 13.2. The minimum Gasteiger partial charge on any atom is -0.392 e. The molecule has 96 valence electrons. The van der Waals surface area contributed by atoms with Crippen LogP contribution in [-0.2, 0) is 19.7 Å². The van der Waals surface area contributed by atoms with Crippen molar-refractivity contribution in [2.24, 2.45) is 0 Å². The van der Waals surface area contributed by atoms with Gasteiger partial charge in [0.25, 0.3) is 0 Å². The van der Waals surface area contributed by atoms with E-state index in [2.05, 4.69) is 34.4 Å². The van der Waals surface area contributed by atoms with Crippen LogP contribution >= 0.6 is 11.3 Å². The van der Waals surface area contributed by atoms with Gasteiger partial charge in [-0.3, -0.25) is 4.90 Å². The van der Waals surface area contributed by atoms with Crippen LogP contribution in [0.25, 0.3) is 0 Å². The summed E-state index contributed by atoms with van der Waals surface area (Å²) >= 11 is 1.71. The molecule has 2 aromatic rings. The van der Waals surface area contributed by atoms with Crippen molar-refractivity contribution in [3.05, 3.63) is 51.5 Å². The van der Waals surface area contributed by atoms with Crippen LogP contribution in [0.1, 0.15) is 21.8 Å². The summed E-state index contributed by atoms with van der Waals surface area (Å²) in [6, 6.07) is 8.07. The van der Waals surface area contributed by atoms with Crippen molar-refractivity contribution in [2.75, 3.05) is 7.05 Å². The Hall–Kier alpha value is -1.23. The summed E-state index contributed by atoms with van der Waals surface area (Å²) in [5, 5.41) is 12.2. The van der Waals surface area contributed by atoms with Crippen molar-refractivity contribution in [3.63, 3.8) is 0 Å². The number of aryl methyl sites for hydroxylation is 1. The lowest BCUT2D eigenvalue weighted by Crippen LogP contribution is -2.17. The van der Waals surface area contributed by atoms with Gasteiger partial charge in [0.05, 0.1) is 13.2 Å². The Labute approximate surface area is 112 Å². The smallest absolute Gasteiger partial charge is 0.107 e. The van der Waals surface area contributed by atoms with E-state index in [1.807, 2.05) is 19.1 Å². The SMILES string of the molecule is Cc1csc(CN(C)Cc2ccc(CO)cc2)n1. The fourth-order valence-corrected chi connectivity index (χ4v) is 2.67. The zero-order valence-electron chi connectivity index (χ0n) is 10.8. The lowest BCUT2D eigenvalue weighted by molar-refractivity contribution is 0.281. The molecule has 1 N–H and O–H groups in total. The zero-order valence-corrected chi connectivity index (χ0v) is 11.6. The first-order valence-corrected chi connectivity index (χ1v) is 6.83. The third-order valence-electron chi connectivity index (χ3n) is 2.73. The molecule has 0 radical (unpaired) electrons. The molecule has 0 aliphatic heterocycles. The number of aromatic nitrogens is 1. The standard InChI is InChI=1S/C14H18N2OS/c1-11-10-18-14(15-11)8-16(2)7-12-3-5-13(9-17)6-4-12/h3-6,10,17H,7-9H2,1-2H3. The largest absolute Gasteiger partial charge is 0.392 e. The van der Waals surface area contributed by atoms with E-state index in [-0.39, 0.29) is 6.61 Å². The number of hydrogen-bond donors (Lipinski definition) is 1. The molecule has 4 heteroatoms. The maximum Gasteiger partial charge on any atom is 0.107 e. The second kappa shape index (κ2) is 6.09. The van der Waals surface area contributed by atoms with E-state index in [9.17, 15) is 0 Å². The fraction of sp³-hybridized carbons (Fsp3) is 0.357. The molecule has 1 aromatic carbocycles. The van der Waals surface area contributed by atoms with Crippen molar-refractivity contribution in [1.82, 2.24) is 9.88 Å². The molecule has 0 unspecified atom stereocenters. The molecule has 0 saturated heterocycles. The Morgan fingerprint density at radius 2 is 1.83 bits per heavy atom. The Morgan fingerprint density at radius 3 is 2.39 bits per heavy atom. The molecule has 1 heterocycles. The van der Waals surface area contributed by atoms with Crippen LogP contribution < -0.4 is 0 Å². The summed E-state index contributed by atoms with van der Waals surface area (Å²) in [7, 11) is 2.09. The van der Waals surface area contributed by atoms with Crippen LogP contribution in [0, 0.1) is 6.92 Å². The predicted molar refractivity (Wildman–Crippen MR) is 74.4 cm³/mol. The summed E-state index contributed by atoms with van der Waals surface area (Å²) in [6.07, 6.45) is 0. The molecule has 18 heavy (non-hydrogen) atoms. The number of thiazole rings is 1. The molecule has 0 aliphatic carbocycles. The molecule has 0 atom stereocenters. The minimum atomic E-state index is 0.106. The summed E-state index contributed by atoms with van der Waals surface area (Å²) < 4.78 is 0. The van der Waals surface area contributed by atoms with Gasteiger partial charge >= 0.3 is 0 Å². The molecule has 0 saturated carbocycles. The number of benzene rings is 1. The highest BCUT2D eigenvalue weighted by molar-refractivity contribution is 7.09. The summed E-state index contributed by atoms with van der Waals surface area (Å²) in [5.74, 6) is 0. The average molecular weight is 262 g/mol. The van der Waals surface area contributed by atoms with Crippen LogP contribution in [0.5, 0.6) is 0 Å². The summed E-state index contributed by atoms with van der Waals surface area (Å²) in [4.78, 5) is 6.71. The monoisotopic (exact) mass is 262 g/mol. The van der Waals surface area contributed by atoms with Gasteiger partial charge in [-0.25, -0.2) is 4.98 Å². The van der Waals surface area contributed by atoms with Crippen LogP contribution in [0.4, 0.5) is 0 Å². The van der Waals surface area contributed by atoms with Gasteiger partial charge in [-0.05, 0) is 25.1 Å². The van der Waals surface area contributed by atoms with Crippen LogP contribution in [0.2, 0.25) is 0 Å². The average Bonchev–Trinajstić information content (AvgIpc) is 2.75. The van der Waals surface area contributed by atoms with Gasteiger partial charge in [0.15, 0.2) is 0 Å². The second-order valence-electron chi connectivity index (χ2n) is 4.53. The molecule has 2 rings (SSSR count). The minimum absolute atomic E-state index is 0.106. The maximum atomic E-state index is 8.99. The van der Waals surface area contributed by atoms with Gasteiger partial charge in [-0.15, -0.1) is 11.3 Å². The maximum absolute atomic E-state index is 8.99. The Morgan fingerprint density at radius 1 is 1.17 bits per heavy atom. The molecule has 0 amide bonds. The Balaban J connectivity index is 1.91. The van der Waals surface area contributed by atoms with E-state index < -0.39 is 0 Å². The zero-order chi connectivity index (χ0) is 13.0. The predicted octanol–water partition coefficient (Wildman–Crippen LogP) is 2.58. The van der Waals surface area contributed by atoms with Gasteiger partial charge in [0.1, 0.15) is 5.01 Å². The topological polar surface area (TPSA) is 36.4 Å². The van der Waals surface area contributed by atoms with E-state index in [0.717, 1.165) is 29.4 Å². The Bertz CT molecular complexity index is 493. The van der Waals surface area contributed by atoms with Crippen LogP contribution in [0.15, 0.2) is 29.6 Å². The van der Waals surface area contributed by atoms with E-state index >= 15 is 0 Å². The summed E-state index contributed by atoms with van der Waals surface area (Å²) in [5.41, 5.74) is 3.30. The van der Waals surface area contributed by atoms with Gasteiger partial charge in [0.2, 0.25) is 0 Å².